The molecule has 0 heterocycles. The number of nitrogens with one attached hydrogen (secondary N) is 1. The monoisotopic (exact) mass is 196 g/mol. The molecule has 76 valence electrons. The van der Waals surface area contributed by atoms with E-state index in [-0.39, 0.29) is 12.1 Å². The zero-order valence-corrected chi connectivity index (χ0v) is 6.90. The Morgan fingerprint density at radius 1 is 1.54 bits per heavy atom. The van der Waals surface area contributed by atoms with Gasteiger partial charge in [0.05, 0.1) is 6.42 Å². The summed E-state index contributed by atoms with van der Waals surface area (Å²) < 4.78 is 34.9. The van der Waals surface area contributed by atoms with E-state index >= 15 is 0 Å². The van der Waals surface area contributed by atoms with E-state index in [1.165, 1.54) is 0 Å². The lowest BCUT2D eigenvalue weighted by Crippen LogP contribution is -2.30. The normalized spacial score (nSPS) is 27.1. The van der Waals surface area contributed by atoms with Gasteiger partial charge in [0.25, 0.3) is 0 Å². The van der Waals surface area contributed by atoms with Crippen molar-refractivity contribution < 1.29 is 18.0 Å². The molecule has 1 saturated carbocycles. The first-order valence-corrected chi connectivity index (χ1v) is 4.00. The van der Waals surface area contributed by atoms with Crippen LogP contribution in [-0.4, -0.2) is 24.2 Å². The molecule has 1 aliphatic rings. The smallest absolute Gasteiger partial charge is 0.352 e. The summed E-state index contributed by atoms with van der Waals surface area (Å²) in [7, 11) is 0. The zero-order chi connectivity index (χ0) is 10.1. The van der Waals surface area contributed by atoms with E-state index in [0.717, 1.165) is 0 Å². The zero-order valence-electron chi connectivity index (χ0n) is 6.90. The van der Waals surface area contributed by atoms with Crippen LogP contribution in [-0.2, 0) is 4.79 Å². The van der Waals surface area contributed by atoms with Gasteiger partial charge in [-0.05, 0) is 6.42 Å². The van der Waals surface area contributed by atoms with Gasteiger partial charge in [-0.1, -0.05) is 0 Å². The van der Waals surface area contributed by atoms with Crippen LogP contribution < -0.4 is 11.1 Å². The molecule has 0 aromatic heterocycles. The standard InChI is InChI=1S/C7H11F3N2O/c8-7(9,10)2-1-6(13)12-5-3-4(5)11/h4-5H,1-3,11H2,(H,12,13). The highest BCUT2D eigenvalue weighted by molar-refractivity contribution is 5.76. The molecular weight excluding hydrogens is 185 g/mol. The van der Waals surface area contributed by atoms with Crippen molar-refractivity contribution >= 4 is 5.91 Å². The Morgan fingerprint density at radius 3 is 2.46 bits per heavy atom. The number of amides is 1. The van der Waals surface area contributed by atoms with Crippen molar-refractivity contribution in [3.8, 4) is 0 Å². The van der Waals surface area contributed by atoms with Crippen LogP contribution in [0.25, 0.3) is 0 Å². The van der Waals surface area contributed by atoms with Crippen LogP contribution in [0.5, 0.6) is 0 Å². The van der Waals surface area contributed by atoms with Crippen molar-refractivity contribution in [2.45, 2.75) is 37.5 Å². The Balaban J connectivity index is 2.11. The van der Waals surface area contributed by atoms with Gasteiger partial charge in [-0.25, -0.2) is 0 Å². The van der Waals surface area contributed by atoms with Crippen molar-refractivity contribution in [3.05, 3.63) is 0 Å². The van der Waals surface area contributed by atoms with Crippen LogP contribution in [0.2, 0.25) is 0 Å². The van der Waals surface area contributed by atoms with Crippen LogP contribution in [0.4, 0.5) is 13.2 Å². The summed E-state index contributed by atoms with van der Waals surface area (Å²) in [4.78, 5) is 10.8. The van der Waals surface area contributed by atoms with Gasteiger partial charge < -0.3 is 11.1 Å². The van der Waals surface area contributed by atoms with Crippen LogP contribution in [0.1, 0.15) is 19.3 Å². The molecule has 0 aromatic carbocycles. The van der Waals surface area contributed by atoms with Crippen LogP contribution in [0.3, 0.4) is 0 Å². The molecule has 0 aliphatic heterocycles. The Bertz CT molecular complexity index is 204. The number of nitrogens with two attached hydrogens (primary N) is 1. The number of carbonyl (C=O) groups excluding carboxylic acids is 1. The van der Waals surface area contributed by atoms with E-state index in [1.54, 1.807) is 0 Å². The third-order valence-electron chi connectivity index (χ3n) is 1.82. The third-order valence-corrected chi connectivity index (χ3v) is 1.82. The average Bonchev–Trinajstić information content (AvgIpc) is 2.61. The fourth-order valence-electron chi connectivity index (χ4n) is 0.915. The maximum atomic E-state index is 11.6. The van der Waals surface area contributed by atoms with Gasteiger partial charge in [-0.3, -0.25) is 4.79 Å². The van der Waals surface area contributed by atoms with E-state index in [0.29, 0.717) is 6.42 Å². The fraction of sp³-hybridized carbons (Fsp3) is 0.857. The Labute approximate surface area is 73.5 Å². The SMILES string of the molecule is NC1CC1NC(=O)CCC(F)(F)F. The first-order chi connectivity index (χ1) is 5.88. The number of hydrogen-bond acceptors (Lipinski definition) is 2. The van der Waals surface area contributed by atoms with Gasteiger partial charge in [0.15, 0.2) is 0 Å². The van der Waals surface area contributed by atoms with Gasteiger partial charge in [0.2, 0.25) is 5.91 Å². The molecule has 3 N–H and O–H groups in total. The molecular formula is C7H11F3N2O. The van der Waals surface area contributed by atoms with Crippen LogP contribution in [0, 0.1) is 0 Å². The van der Waals surface area contributed by atoms with Crippen molar-refractivity contribution in [3.63, 3.8) is 0 Å². The molecule has 1 rings (SSSR count). The number of halogens is 3. The minimum absolute atomic E-state index is 0.0742. The van der Waals surface area contributed by atoms with E-state index in [1.807, 2.05) is 0 Å². The van der Waals surface area contributed by atoms with Gasteiger partial charge in [0.1, 0.15) is 0 Å². The number of alkyl halides is 3. The number of carbonyl (C=O) groups is 1. The van der Waals surface area contributed by atoms with Gasteiger partial charge in [0, 0.05) is 18.5 Å². The van der Waals surface area contributed by atoms with Gasteiger partial charge in [-0.2, -0.15) is 13.2 Å². The highest BCUT2D eigenvalue weighted by atomic mass is 19.4. The summed E-state index contributed by atoms with van der Waals surface area (Å²) in [5, 5.41) is 2.41. The van der Waals surface area contributed by atoms with Crippen LogP contribution >= 0.6 is 0 Å². The lowest BCUT2D eigenvalue weighted by atomic mass is 10.3. The highest BCUT2D eigenvalue weighted by Gasteiger charge is 2.35. The third kappa shape index (κ3) is 4.12. The van der Waals surface area contributed by atoms with Crippen LogP contribution in [0.15, 0.2) is 0 Å². The second-order valence-corrected chi connectivity index (χ2v) is 3.19. The Hall–Kier alpha value is -0.780. The van der Waals surface area contributed by atoms with Crippen molar-refractivity contribution in [1.82, 2.24) is 5.32 Å². The molecule has 1 aliphatic carbocycles. The predicted octanol–water partition coefficient (Wildman–Crippen LogP) is 0.545. The van der Waals surface area contributed by atoms with Gasteiger partial charge in [-0.15, -0.1) is 0 Å². The van der Waals surface area contributed by atoms with E-state index < -0.39 is 24.9 Å². The van der Waals surface area contributed by atoms with E-state index in [4.69, 9.17) is 5.73 Å². The topological polar surface area (TPSA) is 55.1 Å². The quantitative estimate of drug-likeness (QED) is 0.692. The predicted molar refractivity (Wildman–Crippen MR) is 39.8 cm³/mol. The molecule has 0 spiro atoms. The largest absolute Gasteiger partial charge is 0.389 e. The van der Waals surface area contributed by atoms with Crippen molar-refractivity contribution in [2.75, 3.05) is 0 Å². The summed E-state index contributed by atoms with van der Waals surface area (Å²) in [6.45, 7) is 0. The molecule has 3 nitrogen and oxygen atoms in total. The molecule has 0 saturated heterocycles. The lowest BCUT2D eigenvalue weighted by molar-refractivity contribution is -0.144. The first kappa shape index (κ1) is 10.3. The summed E-state index contributed by atoms with van der Waals surface area (Å²) >= 11 is 0. The fourth-order valence-corrected chi connectivity index (χ4v) is 0.915. The molecule has 2 unspecified atom stereocenters. The molecule has 1 fully saturated rings. The lowest BCUT2D eigenvalue weighted by Gasteiger charge is -2.06. The molecule has 6 heteroatoms. The second kappa shape index (κ2) is 3.53. The summed E-state index contributed by atoms with van der Waals surface area (Å²) in [6, 6.07) is -0.185. The summed E-state index contributed by atoms with van der Waals surface area (Å²) in [6.07, 6.45) is -5.17. The molecule has 0 bridgehead atoms. The van der Waals surface area contributed by atoms with E-state index in [9.17, 15) is 18.0 Å². The molecule has 1 amide bonds. The number of hydrogen-bond donors (Lipinski definition) is 2. The summed E-state index contributed by atoms with van der Waals surface area (Å²) in [5.74, 6) is -0.574. The average molecular weight is 196 g/mol. The van der Waals surface area contributed by atoms with Crippen molar-refractivity contribution in [2.24, 2.45) is 5.73 Å². The van der Waals surface area contributed by atoms with E-state index in [2.05, 4.69) is 5.32 Å². The maximum Gasteiger partial charge on any atom is 0.389 e. The number of rotatable bonds is 3. The minimum Gasteiger partial charge on any atom is -0.352 e. The van der Waals surface area contributed by atoms with Crippen molar-refractivity contribution in [1.29, 1.82) is 0 Å². The molecule has 13 heavy (non-hydrogen) atoms. The van der Waals surface area contributed by atoms with Gasteiger partial charge >= 0.3 is 6.18 Å². The second-order valence-electron chi connectivity index (χ2n) is 3.19. The summed E-state index contributed by atoms with van der Waals surface area (Å²) in [5.41, 5.74) is 5.36. The Kier molecular flexibility index (Phi) is 2.80. The first-order valence-electron chi connectivity index (χ1n) is 4.00. The highest BCUT2D eigenvalue weighted by Crippen LogP contribution is 2.22. The molecule has 2 atom stereocenters. The minimum atomic E-state index is -4.26. The molecule has 0 radical (unpaired) electrons. The maximum absolute atomic E-state index is 11.6. The molecule has 0 aromatic rings. The Morgan fingerprint density at radius 2 is 2.08 bits per heavy atom.